The van der Waals surface area contributed by atoms with Crippen molar-refractivity contribution in [2.24, 2.45) is 0 Å². The van der Waals surface area contributed by atoms with Crippen molar-refractivity contribution in [1.29, 1.82) is 0 Å². The molecule has 3 aromatic rings. The van der Waals surface area contributed by atoms with Gasteiger partial charge in [0.05, 0.1) is 13.2 Å². The highest BCUT2D eigenvalue weighted by molar-refractivity contribution is 7.16. The molecule has 0 fully saturated rings. The number of ether oxygens (including phenoxy) is 1. The molecular formula is C17H18N6O3S. The molecule has 0 saturated heterocycles. The number of nitrogens with one attached hydrogen (secondary N) is 1. The highest BCUT2D eigenvalue weighted by atomic mass is 32.1. The number of amides is 1. The van der Waals surface area contributed by atoms with Gasteiger partial charge < -0.3 is 4.74 Å². The average molecular weight is 386 g/mol. The molecule has 0 atom stereocenters. The third-order valence-corrected chi connectivity index (χ3v) is 4.58. The van der Waals surface area contributed by atoms with Crippen LogP contribution in [0.2, 0.25) is 0 Å². The summed E-state index contributed by atoms with van der Waals surface area (Å²) in [5, 5.41) is 15.3. The van der Waals surface area contributed by atoms with Crippen molar-refractivity contribution in [3.05, 3.63) is 40.4 Å². The van der Waals surface area contributed by atoms with Gasteiger partial charge in [-0.25, -0.2) is 9.78 Å². The molecular weight excluding hydrogens is 368 g/mol. The minimum Gasteiger partial charge on any atom is -0.464 e. The van der Waals surface area contributed by atoms with E-state index < -0.39 is 5.97 Å². The van der Waals surface area contributed by atoms with Crippen LogP contribution in [0, 0.1) is 6.92 Å². The summed E-state index contributed by atoms with van der Waals surface area (Å²) in [6.07, 6.45) is 0. The molecule has 140 valence electrons. The Balaban J connectivity index is 1.73. The zero-order valence-corrected chi connectivity index (χ0v) is 16.1. The number of aryl methyl sites for hydroxylation is 1. The molecule has 3 rings (SSSR count). The lowest BCUT2D eigenvalue weighted by Crippen LogP contribution is -2.12. The summed E-state index contributed by atoms with van der Waals surface area (Å²) in [5.41, 5.74) is 1.41. The molecule has 1 aromatic carbocycles. The largest absolute Gasteiger partial charge is 0.464 e. The summed E-state index contributed by atoms with van der Waals surface area (Å²) >= 11 is 1.21. The normalized spacial score (nSPS) is 10.9. The topological polar surface area (TPSA) is 112 Å². The first-order valence-corrected chi connectivity index (χ1v) is 8.97. The van der Waals surface area contributed by atoms with Gasteiger partial charge in [-0.1, -0.05) is 12.1 Å². The second-order valence-corrected chi connectivity index (χ2v) is 7.18. The Morgan fingerprint density at radius 1 is 1.22 bits per heavy atom. The number of carbonyl (C=O) groups is 2. The zero-order valence-electron chi connectivity index (χ0n) is 15.3. The van der Waals surface area contributed by atoms with Crippen LogP contribution in [0.25, 0.3) is 11.4 Å². The average Bonchev–Trinajstić information content (AvgIpc) is 3.28. The molecule has 9 nitrogen and oxygen atoms in total. The number of hydrogen-bond acceptors (Lipinski definition) is 8. The molecule has 0 saturated carbocycles. The van der Waals surface area contributed by atoms with E-state index in [1.54, 1.807) is 31.2 Å². The second-order valence-electron chi connectivity index (χ2n) is 5.97. The van der Waals surface area contributed by atoms with Crippen molar-refractivity contribution in [3.63, 3.8) is 0 Å². The first-order valence-electron chi connectivity index (χ1n) is 8.16. The van der Waals surface area contributed by atoms with Crippen LogP contribution >= 0.6 is 11.3 Å². The lowest BCUT2D eigenvalue weighted by molar-refractivity contribution is 0.0594. The number of methoxy groups -OCH3 is 1. The molecule has 0 spiro atoms. The molecule has 2 heterocycles. The number of carbonyl (C=O) groups excluding carboxylic acids is 2. The van der Waals surface area contributed by atoms with Gasteiger partial charge in [0.2, 0.25) is 5.82 Å². The van der Waals surface area contributed by atoms with Gasteiger partial charge >= 0.3 is 5.97 Å². The number of nitrogens with zero attached hydrogens (tertiary/aromatic N) is 5. The Morgan fingerprint density at radius 2 is 1.93 bits per heavy atom. The van der Waals surface area contributed by atoms with Gasteiger partial charge in [-0.15, -0.1) is 21.5 Å². The number of anilines is 1. The smallest absolute Gasteiger partial charge is 0.357 e. The van der Waals surface area contributed by atoms with Gasteiger partial charge in [-0.3, -0.25) is 10.1 Å². The summed E-state index contributed by atoms with van der Waals surface area (Å²) < 4.78 is 4.67. The van der Waals surface area contributed by atoms with Crippen LogP contribution in [0.4, 0.5) is 5.13 Å². The molecule has 0 unspecified atom stereocenters. The number of esters is 1. The van der Waals surface area contributed by atoms with E-state index in [4.69, 9.17) is 0 Å². The van der Waals surface area contributed by atoms with Crippen LogP contribution in [0.1, 0.15) is 45.6 Å². The molecule has 0 aliphatic carbocycles. The summed E-state index contributed by atoms with van der Waals surface area (Å²) in [5.74, 6) is -0.366. The van der Waals surface area contributed by atoms with E-state index in [0.29, 0.717) is 21.4 Å². The quantitative estimate of drug-likeness (QED) is 0.671. The van der Waals surface area contributed by atoms with Crippen molar-refractivity contribution >= 4 is 28.3 Å². The minimum atomic E-state index is -0.532. The van der Waals surface area contributed by atoms with Crippen LogP contribution in [0.15, 0.2) is 24.3 Å². The van der Waals surface area contributed by atoms with Crippen molar-refractivity contribution in [3.8, 4) is 11.4 Å². The van der Waals surface area contributed by atoms with E-state index >= 15 is 0 Å². The fourth-order valence-electron chi connectivity index (χ4n) is 2.24. The van der Waals surface area contributed by atoms with Gasteiger partial charge in [0.25, 0.3) is 5.91 Å². The highest BCUT2D eigenvalue weighted by Gasteiger charge is 2.17. The number of aromatic nitrogens is 5. The maximum absolute atomic E-state index is 12.4. The standard InChI is InChI=1S/C17H18N6O3S/c1-9(2)23-21-14(20-22-23)11-5-7-12(8-6-11)15(24)19-17-18-13(10(3)27-17)16(25)26-4/h5-9H,1-4H3,(H,18,19,24). The van der Waals surface area contributed by atoms with Crippen molar-refractivity contribution < 1.29 is 14.3 Å². The molecule has 0 aliphatic rings. The SMILES string of the molecule is COC(=O)c1nc(NC(=O)c2ccc(-c3nnn(C(C)C)n3)cc2)sc1C. The lowest BCUT2D eigenvalue weighted by Gasteiger charge is -2.03. The third-order valence-electron chi connectivity index (χ3n) is 3.69. The van der Waals surface area contributed by atoms with Gasteiger partial charge in [0, 0.05) is 16.0 Å². The molecule has 1 amide bonds. The zero-order chi connectivity index (χ0) is 19.6. The first-order chi connectivity index (χ1) is 12.9. The molecule has 27 heavy (non-hydrogen) atoms. The van der Waals surface area contributed by atoms with Crippen molar-refractivity contribution in [1.82, 2.24) is 25.2 Å². The van der Waals surface area contributed by atoms with Gasteiger partial charge in [-0.05, 0) is 38.1 Å². The Morgan fingerprint density at radius 3 is 2.52 bits per heavy atom. The monoisotopic (exact) mass is 386 g/mol. The first kappa shape index (κ1) is 18.6. The predicted molar refractivity (Wildman–Crippen MR) is 99.8 cm³/mol. The number of benzene rings is 1. The van der Waals surface area contributed by atoms with E-state index in [1.165, 1.54) is 23.2 Å². The van der Waals surface area contributed by atoms with E-state index in [0.717, 1.165) is 5.56 Å². The van der Waals surface area contributed by atoms with Crippen molar-refractivity contribution in [2.75, 3.05) is 12.4 Å². The fourth-order valence-corrected chi connectivity index (χ4v) is 3.03. The van der Waals surface area contributed by atoms with Crippen LogP contribution in [0.3, 0.4) is 0 Å². The van der Waals surface area contributed by atoms with Crippen LogP contribution < -0.4 is 5.32 Å². The molecule has 2 aromatic heterocycles. The fraction of sp³-hybridized carbons (Fsp3) is 0.294. The van der Waals surface area contributed by atoms with E-state index in [2.05, 4.69) is 30.4 Å². The summed E-state index contributed by atoms with van der Waals surface area (Å²) in [6.45, 7) is 5.67. The number of tetrazole rings is 1. The number of rotatable bonds is 5. The van der Waals surface area contributed by atoms with E-state index in [1.807, 2.05) is 13.8 Å². The Labute approximate surface area is 159 Å². The Hall–Kier alpha value is -3.14. The highest BCUT2D eigenvalue weighted by Crippen LogP contribution is 2.23. The van der Waals surface area contributed by atoms with Gasteiger partial charge in [0.15, 0.2) is 10.8 Å². The predicted octanol–water partition coefficient (Wildman–Crippen LogP) is 2.72. The summed E-state index contributed by atoms with van der Waals surface area (Å²) in [4.78, 5) is 30.3. The summed E-state index contributed by atoms with van der Waals surface area (Å²) in [7, 11) is 1.29. The van der Waals surface area contributed by atoms with E-state index in [9.17, 15) is 9.59 Å². The van der Waals surface area contributed by atoms with Crippen molar-refractivity contribution in [2.45, 2.75) is 26.8 Å². The Bertz CT molecular complexity index is 977. The van der Waals surface area contributed by atoms with E-state index in [-0.39, 0.29) is 17.6 Å². The minimum absolute atomic E-state index is 0.118. The van der Waals surface area contributed by atoms with Crippen LogP contribution in [-0.4, -0.2) is 44.2 Å². The molecule has 0 bridgehead atoms. The molecule has 0 aliphatic heterocycles. The number of thiazole rings is 1. The molecule has 10 heteroatoms. The van der Waals surface area contributed by atoms with Gasteiger partial charge in [0.1, 0.15) is 0 Å². The van der Waals surface area contributed by atoms with Crippen LogP contribution in [0.5, 0.6) is 0 Å². The molecule has 0 radical (unpaired) electrons. The van der Waals surface area contributed by atoms with Crippen LogP contribution in [-0.2, 0) is 4.74 Å². The maximum atomic E-state index is 12.4. The summed E-state index contributed by atoms with van der Waals surface area (Å²) in [6, 6.07) is 6.96. The maximum Gasteiger partial charge on any atom is 0.357 e. The lowest BCUT2D eigenvalue weighted by atomic mass is 10.1. The second kappa shape index (κ2) is 7.62. The van der Waals surface area contributed by atoms with Gasteiger partial charge in [-0.2, -0.15) is 4.80 Å². The molecule has 1 N–H and O–H groups in total. The number of hydrogen-bond donors (Lipinski definition) is 1. The Kier molecular flexibility index (Phi) is 5.26. The third kappa shape index (κ3) is 4.00.